The van der Waals surface area contributed by atoms with Gasteiger partial charge in [-0.15, -0.1) is 0 Å². The molecule has 0 amide bonds. The first-order valence-corrected chi connectivity index (χ1v) is 8.53. The number of ether oxygens (including phenoxy) is 2. The topological polar surface area (TPSA) is 48.4 Å². The van der Waals surface area contributed by atoms with Crippen molar-refractivity contribution in [1.82, 2.24) is 4.37 Å². The standard InChI is InChI=1S/C17H10ClF4NO3S/c1-25-15(24)7-13-10-6-9(2-3-14(10)27-23-13)26-16-11(18)4-8(5-12(16)19)17(20,21)22/h2-6H,7H2,1H3. The Morgan fingerprint density at radius 2 is 2.00 bits per heavy atom. The largest absolute Gasteiger partial charge is 0.469 e. The summed E-state index contributed by atoms with van der Waals surface area (Å²) in [5, 5.41) is 0.0759. The second-order valence-corrected chi connectivity index (χ2v) is 6.62. The number of esters is 1. The van der Waals surface area contributed by atoms with E-state index in [1.165, 1.54) is 19.2 Å². The van der Waals surface area contributed by atoms with Crippen LogP contribution in [0.3, 0.4) is 0 Å². The van der Waals surface area contributed by atoms with E-state index in [1.807, 2.05) is 0 Å². The Morgan fingerprint density at radius 3 is 2.63 bits per heavy atom. The highest BCUT2D eigenvalue weighted by Crippen LogP contribution is 2.39. The molecule has 1 aromatic heterocycles. The number of fused-ring (bicyclic) bond motifs is 1. The quantitative estimate of drug-likeness (QED) is 0.407. The van der Waals surface area contributed by atoms with Crippen molar-refractivity contribution in [1.29, 1.82) is 0 Å². The van der Waals surface area contributed by atoms with E-state index < -0.39 is 34.3 Å². The molecule has 0 spiro atoms. The van der Waals surface area contributed by atoms with Gasteiger partial charge in [0.1, 0.15) is 5.75 Å². The van der Waals surface area contributed by atoms with E-state index in [2.05, 4.69) is 9.11 Å². The van der Waals surface area contributed by atoms with Crippen LogP contribution in [0.1, 0.15) is 11.3 Å². The first-order chi connectivity index (χ1) is 12.7. The Kier molecular flexibility index (Phi) is 5.25. The Balaban J connectivity index is 1.95. The molecule has 0 fully saturated rings. The number of methoxy groups -OCH3 is 1. The van der Waals surface area contributed by atoms with Crippen LogP contribution in [-0.4, -0.2) is 17.5 Å². The summed E-state index contributed by atoms with van der Waals surface area (Å²) in [4.78, 5) is 11.5. The average Bonchev–Trinajstić information content (AvgIpc) is 2.99. The number of carbonyl (C=O) groups is 1. The van der Waals surface area contributed by atoms with Crippen molar-refractivity contribution < 1.29 is 31.8 Å². The number of carbonyl (C=O) groups excluding carboxylic acids is 1. The predicted octanol–water partition coefficient (Wildman–Crippen LogP) is 5.62. The Bertz CT molecular complexity index is 996. The summed E-state index contributed by atoms with van der Waals surface area (Å²) in [6.45, 7) is 0. The van der Waals surface area contributed by atoms with Crippen LogP contribution < -0.4 is 4.74 Å². The maximum absolute atomic E-state index is 14.1. The molecule has 0 bridgehead atoms. The molecule has 27 heavy (non-hydrogen) atoms. The highest BCUT2D eigenvalue weighted by atomic mass is 35.5. The van der Waals surface area contributed by atoms with Crippen LogP contribution in [0.15, 0.2) is 30.3 Å². The fourth-order valence-corrected chi connectivity index (χ4v) is 3.33. The number of halogens is 5. The van der Waals surface area contributed by atoms with Gasteiger partial charge in [-0.2, -0.15) is 17.5 Å². The van der Waals surface area contributed by atoms with Crippen molar-refractivity contribution in [2.75, 3.05) is 7.11 Å². The molecular weight excluding hydrogens is 410 g/mol. The zero-order chi connectivity index (χ0) is 19.8. The molecule has 142 valence electrons. The molecule has 0 aliphatic rings. The predicted molar refractivity (Wildman–Crippen MR) is 91.8 cm³/mol. The number of alkyl halides is 3. The molecule has 3 aromatic rings. The van der Waals surface area contributed by atoms with Gasteiger partial charge in [0.2, 0.25) is 0 Å². The van der Waals surface area contributed by atoms with Crippen molar-refractivity contribution in [3.05, 3.63) is 52.4 Å². The summed E-state index contributed by atoms with van der Waals surface area (Å²) in [5.41, 5.74) is -0.763. The molecule has 0 aliphatic carbocycles. The minimum Gasteiger partial charge on any atom is -0.469 e. The van der Waals surface area contributed by atoms with Crippen LogP contribution in [0, 0.1) is 5.82 Å². The van der Waals surface area contributed by atoms with Gasteiger partial charge in [-0.3, -0.25) is 4.79 Å². The van der Waals surface area contributed by atoms with E-state index in [0.717, 1.165) is 16.2 Å². The fourth-order valence-electron chi connectivity index (χ4n) is 2.31. The summed E-state index contributed by atoms with van der Waals surface area (Å²) in [6, 6.07) is 5.54. The summed E-state index contributed by atoms with van der Waals surface area (Å²) >= 11 is 6.92. The Morgan fingerprint density at radius 1 is 1.26 bits per heavy atom. The lowest BCUT2D eigenvalue weighted by molar-refractivity contribution is -0.140. The van der Waals surface area contributed by atoms with Crippen LogP contribution >= 0.6 is 23.1 Å². The lowest BCUT2D eigenvalue weighted by Crippen LogP contribution is -2.06. The Labute approximate surface area is 159 Å². The fraction of sp³-hybridized carbons (Fsp3) is 0.176. The molecular formula is C17H10ClF4NO3S. The van der Waals surface area contributed by atoms with Crippen molar-refractivity contribution in [3.63, 3.8) is 0 Å². The first kappa shape index (κ1) is 19.4. The van der Waals surface area contributed by atoms with Gasteiger partial charge in [0, 0.05) is 5.39 Å². The van der Waals surface area contributed by atoms with Gasteiger partial charge in [-0.25, -0.2) is 4.39 Å². The van der Waals surface area contributed by atoms with E-state index in [0.29, 0.717) is 23.2 Å². The zero-order valence-corrected chi connectivity index (χ0v) is 15.1. The van der Waals surface area contributed by atoms with Gasteiger partial charge in [0.05, 0.1) is 34.5 Å². The summed E-state index contributed by atoms with van der Waals surface area (Å²) in [7, 11) is 1.25. The second kappa shape index (κ2) is 7.32. The zero-order valence-electron chi connectivity index (χ0n) is 13.6. The molecule has 0 unspecified atom stereocenters. The average molecular weight is 420 g/mol. The van der Waals surface area contributed by atoms with Crippen LogP contribution in [0.25, 0.3) is 10.1 Å². The van der Waals surface area contributed by atoms with Crippen molar-refractivity contribution in [2.45, 2.75) is 12.6 Å². The minimum atomic E-state index is -4.73. The molecule has 10 heteroatoms. The summed E-state index contributed by atoms with van der Waals surface area (Å²) in [5.74, 6) is -2.12. The highest BCUT2D eigenvalue weighted by Gasteiger charge is 2.32. The third-order valence-corrected chi connectivity index (χ3v) is 4.75. The SMILES string of the molecule is COC(=O)Cc1nsc2ccc(Oc3c(F)cc(C(F)(F)F)cc3Cl)cc12. The monoisotopic (exact) mass is 419 g/mol. The van der Waals surface area contributed by atoms with E-state index >= 15 is 0 Å². The Hall–Kier alpha value is -2.39. The van der Waals surface area contributed by atoms with E-state index in [9.17, 15) is 22.4 Å². The van der Waals surface area contributed by atoms with Crippen molar-refractivity contribution in [2.24, 2.45) is 0 Å². The maximum atomic E-state index is 14.1. The smallest absolute Gasteiger partial charge is 0.416 e. The maximum Gasteiger partial charge on any atom is 0.416 e. The van der Waals surface area contributed by atoms with Gasteiger partial charge in [0.15, 0.2) is 11.6 Å². The lowest BCUT2D eigenvalue weighted by atomic mass is 10.1. The van der Waals surface area contributed by atoms with Crippen LogP contribution in [0.2, 0.25) is 5.02 Å². The van der Waals surface area contributed by atoms with Gasteiger partial charge in [0.25, 0.3) is 0 Å². The molecule has 0 saturated carbocycles. The number of nitrogens with zero attached hydrogens (tertiary/aromatic N) is 1. The molecule has 4 nitrogen and oxygen atoms in total. The molecule has 0 N–H and O–H groups in total. The van der Waals surface area contributed by atoms with Crippen LogP contribution in [0.4, 0.5) is 17.6 Å². The van der Waals surface area contributed by atoms with Gasteiger partial charge >= 0.3 is 12.1 Å². The number of benzene rings is 2. The summed E-state index contributed by atoms with van der Waals surface area (Å²) < 4.78 is 67.1. The number of rotatable bonds is 4. The molecule has 1 heterocycles. The molecule has 0 saturated heterocycles. The normalized spacial score (nSPS) is 11.6. The van der Waals surface area contributed by atoms with Gasteiger partial charge in [-0.1, -0.05) is 11.6 Å². The van der Waals surface area contributed by atoms with Crippen molar-refractivity contribution >= 4 is 39.2 Å². The number of aromatic nitrogens is 1. The van der Waals surface area contributed by atoms with Crippen LogP contribution in [-0.2, 0) is 22.1 Å². The molecule has 0 atom stereocenters. The summed E-state index contributed by atoms with van der Waals surface area (Å²) in [6.07, 6.45) is -4.79. The number of hydrogen-bond acceptors (Lipinski definition) is 5. The third-order valence-electron chi connectivity index (χ3n) is 3.60. The van der Waals surface area contributed by atoms with Gasteiger partial charge in [-0.05, 0) is 41.9 Å². The molecule has 0 aliphatic heterocycles. The number of hydrogen-bond donors (Lipinski definition) is 0. The van der Waals surface area contributed by atoms with E-state index in [1.54, 1.807) is 6.07 Å². The first-order valence-electron chi connectivity index (χ1n) is 7.38. The minimum absolute atomic E-state index is 0.0602. The second-order valence-electron chi connectivity index (χ2n) is 5.41. The third kappa shape index (κ3) is 4.14. The molecule has 0 radical (unpaired) electrons. The van der Waals surface area contributed by atoms with Crippen LogP contribution in [0.5, 0.6) is 11.5 Å². The van der Waals surface area contributed by atoms with E-state index in [4.69, 9.17) is 16.3 Å². The van der Waals surface area contributed by atoms with Crippen molar-refractivity contribution in [3.8, 4) is 11.5 Å². The van der Waals surface area contributed by atoms with Gasteiger partial charge < -0.3 is 9.47 Å². The molecule has 2 aromatic carbocycles. The lowest BCUT2D eigenvalue weighted by Gasteiger charge is -2.12. The molecule has 3 rings (SSSR count). The highest BCUT2D eigenvalue weighted by molar-refractivity contribution is 7.13. The van der Waals surface area contributed by atoms with E-state index in [-0.39, 0.29) is 12.2 Å².